The average Bonchev–Trinajstić information content (AvgIpc) is 3.02. The van der Waals surface area contributed by atoms with Gasteiger partial charge in [0, 0.05) is 5.25 Å². The zero-order valence-electron chi connectivity index (χ0n) is 8.45. The average molecular weight is 210 g/mol. The molecular formula is C11H14O2S. The van der Waals surface area contributed by atoms with Gasteiger partial charge in [0.05, 0.1) is 19.1 Å². The lowest BCUT2D eigenvalue weighted by Gasteiger charge is -2.11. The summed E-state index contributed by atoms with van der Waals surface area (Å²) < 4.78 is 10.6. The van der Waals surface area contributed by atoms with Crippen LogP contribution in [0, 0.1) is 0 Å². The smallest absolute Gasteiger partial charge is 0.136 e. The third kappa shape index (κ3) is 1.98. The van der Waals surface area contributed by atoms with Gasteiger partial charge in [-0.2, -0.15) is 0 Å². The number of hydrogen-bond donors (Lipinski definition) is 0. The molecule has 0 bridgehead atoms. The van der Waals surface area contributed by atoms with Crippen LogP contribution in [0.3, 0.4) is 0 Å². The van der Waals surface area contributed by atoms with Crippen LogP contribution in [0.4, 0.5) is 0 Å². The van der Waals surface area contributed by atoms with Crippen molar-refractivity contribution in [2.24, 2.45) is 0 Å². The lowest BCUT2D eigenvalue weighted by Crippen LogP contribution is -1.91. The lowest BCUT2D eigenvalue weighted by atomic mass is 10.3. The molecule has 0 unspecified atom stereocenters. The Bertz CT molecular complexity index is 299. The quantitative estimate of drug-likeness (QED) is 0.761. The summed E-state index contributed by atoms with van der Waals surface area (Å²) in [7, 11) is 3.40. The van der Waals surface area contributed by atoms with Gasteiger partial charge in [-0.05, 0) is 25.0 Å². The van der Waals surface area contributed by atoms with E-state index in [0.717, 1.165) is 21.6 Å². The highest BCUT2D eigenvalue weighted by Crippen LogP contribution is 2.46. The largest absolute Gasteiger partial charge is 0.495 e. The highest BCUT2D eigenvalue weighted by molar-refractivity contribution is 8.00. The minimum atomic E-state index is 0.764. The van der Waals surface area contributed by atoms with Gasteiger partial charge >= 0.3 is 0 Å². The molecule has 1 fully saturated rings. The molecule has 0 spiro atoms. The van der Waals surface area contributed by atoms with Crippen molar-refractivity contribution in [2.75, 3.05) is 14.2 Å². The van der Waals surface area contributed by atoms with Crippen LogP contribution in [0.15, 0.2) is 23.1 Å². The third-order valence-corrected chi connectivity index (χ3v) is 3.63. The highest BCUT2D eigenvalue weighted by atomic mass is 32.2. The Morgan fingerprint density at radius 1 is 1.14 bits per heavy atom. The molecule has 0 radical (unpaired) electrons. The van der Waals surface area contributed by atoms with E-state index in [2.05, 4.69) is 0 Å². The molecule has 0 amide bonds. The van der Waals surface area contributed by atoms with E-state index in [1.54, 1.807) is 14.2 Å². The van der Waals surface area contributed by atoms with Crippen molar-refractivity contribution in [3.05, 3.63) is 18.2 Å². The Balaban J connectivity index is 2.29. The van der Waals surface area contributed by atoms with E-state index in [9.17, 15) is 0 Å². The molecule has 0 aliphatic heterocycles. The summed E-state index contributed by atoms with van der Waals surface area (Å²) in [5.74, 6) is 1.84. The molecule has 76 valence electrons. The SMILES string of the molecule is COc1cccc(OC)c1SC1CC1. The molecule has 2 nitrogen and oxygen atoms in total. The van der Waals surface area contributed by atoms with Crippen LogP contribution in [-0.4, -0.2) is 19.5 Å². The van der Waals surface area contributed by atoms with Crippen molar-refractivity contribution in [1.29, 1.82) is 0 Å². The van der Waals surface area contributed by atoms with Gasteiger partial charge in [-0.1, -0.05) is 6.07 Å². The summed E-state index contributed by atoms with van der Waals surface area (Å²) in [5.41, 5.74) is 0. The second-order valence-electron chi connectivity index (χ2n) is 3.31. The molecule has 0 aromatic heterocycles. The van der Waals surface area contributed by atoms with Gasteiger partial charge in [0.25, 0.3) is 0 Å². The maximum atomic E-state index is 5.32. The van der Waals surface area contributed by atoms with Gasteiger partial charge in [-0.25, -0.2) is 0 Å². The number of benzene rings is 1. The van der Waals surface area contributed by atoms with Gasteiger partial charge in [-0.15, -0.1) is 11.8 Å². The summed E-state index contributed by atoms with van der Waals surface area (Å²) in [6.07, 6.45) is 2.62. The number of rotatable bonds is 4. The molecule has 3 heteroatoms. The number of thioether (sulfide) groups is 1. The van der Waals surface area contributed by atoms with Crippen LogP contribution in [-0.2, 0) is 0 Å². The van der Waals surface area contributed by atoms with Crippen LogP contribution in [0.1, 0.15) is 12.8 Å². The second kappa shape index (κ2) is 4.13. The molecule has 0 atom stereocenters. The first-order chi connectivity index (χ1) is 6.85. The molecule has 0 heterocycles. The fourth-order valence-corrected chi connectivity index (χ4v) is 2.53. The highest BCUT2D eigenvalue weighted by Gasteiger charge is 2.25. The molecule has 1 aromatic rings. The van der Waals surface area contributed by atoms with E-state index < -0.39 is 0 Å². The maximum absolute atomic E-state index is 5.32. The van der Waals surface area contributed by atoms with Gasteiger partial charge in [0.2, 0.25) is 0 Å². The van der Waals surface area contributed by atoms with Crippen molar-refractivity contribution >= 4 is 11.8 Å². The van der Waals surface area contributed by atoms with Crippen molar-refractivity contribution < 1.29 is 9.47 Å². The van der Waals surface area contributed by atoms with Crippen LogP contribution < -0.4 is 9.47 Å². The van der Waals surface area contributed by atoms with Gasteiger partial charge < -0.3 is 9.47 Å². The normalized spacial score (nSPS) is 15.3. The molecular weight excluding hydrogens is 196 g/mol. The first-order valence-electron chi connectivity index (χ1n) is 4.73. The summed E-state index contributed by atoms with van der Waals surface area (Å²) in [4.78, 5) is 1.14. The molecule has 1 saturated carbocycles. The topological polar surface area (TPSA) is 18.5 Å². The van der Waals surface area contributed by atoms with E-state index >= 15 is 0 Å². The van der Waals surface area contributed by atoms with E-state index in [4.69, 9.17) is 9.47 Å². The third-order valence-electron chi connectivity index (χ3n) is 2.19. The van der Waals surface area contributed by atoms with Gasteiger partial charge in [-0.3, -0.25) is 0 Å². The Morgan fingerprint density at radius 2 is 1.71 bits per heavy atom. The Labute approximate surface area is 88.6 Å². The van der Waals surface area contributed by atoms with Crippen molar-refractivity contribution in [3.8, 4) is 11.5 Å². The second-order valence-corrected chi connectivity index (χ2v) is 4.62. The summed E-state index contributed by atoms with van der Waals surface area (Å²) in [6, 6.07) is 5.91. The van der Waals surface area contributed by atoms with Gasteiger partial charge in [0.1, 0.15) is 11.5 Å². The van der Waals surface area contributed by atoms with Gasteiger partial charge in [0.15, 0.2) is 0 Å². The molecule has 14 heavy (non-hydrogen) atoms. The standard InChI is InChI=1S/C11H14O2S/c1-12-9-4-3-5-10(13-2)11(9)14-8-6-7-8/h3-5,8H,6-7H2,1-2H3. The number of methoxy groups -OCH3 is 2. The predicted molar refractivity (Wildman–Crippen MR) is 58.4 cm³/mol. The number of hydrogen-bond acceptors (Lipinski definition) is 3. The predicted octanol–water partition coefficient (Wildman–Crippen LogP) is 2.96. The first kappa shape index (κ1) is 9.71. The molecule has 1 aromatic carbocycles. The molecule has 2 rings (SSSR count). The van der Waals surface area contributed by atoms with E-state index in [-0.39, 0.29) is 0 Å². The summed E-state index contributed by atoms with van der Waals surface area (Å²) in [6.45, 7) is 0. The van der Waals surface area contributed by atoms with E-state index in [1.807, 2.05) is 30.0 Å². The molecule has 1 aliphatic rings. The summed E-state index contributed by atoms with van der Waals surface area (Å²) in [5, 5.41) is 0.764. The maximum Gasteiger partial charge on any atom is 0.136 e. The number of ether oxygens (including phenoxy) is 2. The van der Waals surface area contributed by atoms with E-state index in [1.165, 1.54) is 12.8 Å². The fraction of sp³-hybridized carbons (Fsp3) is 0.455. The van der Waals surface area contributed by atoms with Crippen LogP contribution >= 0.6 is 11.8 Å². The monoisotopic (exact) mass is 210 g/mol. The lowest BCUT2D eigenvalue weighted by molar-refractivity contribution is 0.376. The zero-order valence-corrected chi connectivity index (χ0v) is 9.26. The minimum Gasteiger partial charge on any atom is -0.495 e. The van der Waals surface area contributed by atoms with Crippen LogP contribution in [0.5, 0.6) is 11.5 Å². The van der Waals surface area contributed by atoms with Crippen molar-refractivity contribution in [2.45, 2.75) is 23.0 Å². The Kier molecular flexibility index (Phi) is 2.87. The Hall–Kier alpha value is -0.830. The molecule has 1 aliphatic carbocycles. The summed E-state index contributed by atoms with van der Waals surface area (Å²) >= 11 is 1.86. The molecule has 0 saturated heterocycles. The van der Waals surface area contributed by atoms with Crippen molar-refractivity contribution in [3.63, 3.8) is 0 Å². The van der Waals surface area contributed by atoms with Crippen molar-refractivity contribution in [1.82, 2.24) is 0 Å². The fourth-order valence-electron chi connectivity index (χ4n) is 1.29. The van der Waals surface area contributed by atoms with Crippen LogP contribution in [0.2, 0.25) is 0 Å². The van der Waals surface area contributed by atoms with E-state index in [0.29, 0.717) is 0 Å². The van der Waals surface area contributed by atoms with Crippen LogP contribution in [0.25, 0.3) is 0 Å². The first-order valence-corrected chi connectivity index (χ1v) is 5.60. The minimum absolute atomic E-state index is 0.764. The zero-order chi connectivity index (χ0) is 9.97. The molecule has 0 N–H and O–H groups in total. The Morgan fingerprint density at radius 3 is 2.14 bits per heavy atom.